The van der Waals surface area contributed by atoms with Crippen LogP contribution in [0.2, 0.25) is 0 Å². The molecule has 2 N–H and O–H groups in total. The fourth-order valence-electron chi connectivity index (χ4n) is 3.35. The normalized spacial score (nSPS) is 23.1. The second-order valence-electron chi connectivity index (χ2n) is 7.26. The maximum absolute atomic E-state index is 12.6. The van der Waals surface area contributed by atoms with Crippen LogP contribution in [-0.4, -0.2) is 53.8 Å². The number of halogens is 1. The summed E-state index contributed by atoms with van der Waals surface area (Å²) in [7, 11) is 0. The van der Waals surface area contributed by atoms with Gasteiger partial charge in [0, 0.05) is 38.1 Å². The average molecular weight is 346 g/mol. The highest BCUT2D eigenvalue weighted by Gasteiger charge is 2.33. The summed E-state index contributed by atoms with van der Waals surface area (Å²) in [5, 5.41) is 0. The lowest BCUT2D eigenvalue weighted by Gasteiger charge is -2.37. The first kappa shape index (κ1) is 20.2. The maximum atomic E-state index is 12.6. The molecular formula is C17H32ClN3O2. The van der Waals surface area contributed by atoms with E-state index in [2.05, 4.69) is 6.92 Å². The zero-order valence-electron chi connectivity index (χ0n) is 14.7. The maximum Gasteiger partial charge on any atom is 0.226 e. The number of carbonyl (C=O) groups excluding carboxylic acids is 2. The molecule has 2 aliphatic rings. The highest BCUT2D eigenvalue weighted by molar-refractivity contribution is 5.85. The Labute approximate surface area is 146 Å². The van der Waals surface area contributed by atoms with Crippen LogP contribution in [0.1, 0.15) is 46.5 Å². The summed E-state index contributed by atoms with van der Waals surface area (Å²) in [5.41, 5.74) is 5.82. The number of hydrogen-bond acceptors (Lipinski definition) is 3. The summed E-state index contributed by atoms with van der Waals surface area (Å²) >= 11 is 0. The lowest BCUT2D eigenvalue weighted by atomic mass is 9.91. The first-order chi connectivity index (χ1) is 10.4. The van der Waals surface area contributed by atoms with E-state index in [0.717, 1.165) is 44.7 Å². The molecule has 2 aliphatic heterocycles. The molecule has 2 saturated heterocycles. The van der Waals surface area contributed by atoms with Crippen molar-refractivity contribution < 1.29 is 9.59 Å². The lowest BCUT2D eigenvalue weighted by molar-refractivity contribution is -0.143. The van der Waals surface area contributed by atoms with Crippen LogP contribution < -0.4 is 5.73 Å². The summed E-state index contributed by atoms with van der Waals surface area (Å²) in [4.78, 5) is 28.8. The van der Waals surface area contributed by atoms with Crippen molar-refractivity contribution in [3.05, 3.63) is 0 Å². The molecule has 2 amide bonds. The van der Waals surface area contributed by atoms with Gasteiger partial charge in [0.2, 0.25) is 11.8 Å². The number of nitrogens with two attached hydrogens (primary N) is 1. The first-order valence-electron chi connectivity index (χ1n) is 8.73. The van der Waals surface area contributed by atoms with Crippen molar-refractivity contribution in [1.82, 2.24) is 9.80 Å². The van der Waals surface area contributed by atoms with Gasteiger partial charge in [0.05, 0.1) is 5.92 Å². The third-order valence-corrected chi connectivity index (χ3v) is 5.43. The van der Waals surface area contributed by atoms with Gasteiger partial charge in [0.25, 0.3) is 0 Å². The Balaban J connectivity index is 0.00000264. The van der Waals surface area contributed by atoms with Crippen molar-refractivity contribution in [3.63, 3.8) is 0 Å². The van der Waals surface area contributed by atoms with Gasteiger partial charge in [0.15, 0.2) is 0 Å². The molecule has 0 spiro atoms. The van der Waals surface area contributed by atoms with Crippen molar-refractivity contribution >= 4 is 24.2 Å². The molecule has 0 aromatic carbocycles. The molecule has 0 saturated carbocycles. The van der Waals surface area contributed by atoms with E-state index in [1.807, 2.05) is 23.6 Å². The number of nitrogens with zero attached hydrogens (tertiary/aromatic N) is 2. The topological polar surface area (TPSA) is 66.6 Å². The zero-order chi connectivity index (χ0) is 16.3. The average Bonchev–Trinajstić information content (AvgIpc) is 2.53. The predicted molar refractivity (Wildman–Crippen MR) is 94.3 cm³/mol. The fourth-order valence-corrected chi connectivity index (χ4v) is 3.35. The number of hydrogen-bond donors (Lipinski definition) is 1. The van der Waals surface area contributed by atoms with Gasteiger partial charge in [-0.3, -0.25) is 9.59 Å². The molecule has 2 atom stereocenters. The van der Waals surface area contributed by atoms with E-state index in [9.17, 15) is 9.59 Å². The van der Waals surface area contributed by atoms with E-state index in [1.54, 1.807) is 0 Å². The Morgan fingerprint density at radius 1 is 0.957 bits per heavy atom. The van der Waals surface area contributed by atoms with Crippen LogP contribution in [0.25, 0.3) is 0 Å². The van der Waals surface area contributed by atoms with Crippen molar-refractivity contribution in [2.45, 2.75) is 52.5 Å². The Kier molecular flexibility index (Phi) is 7.81. The van der Waals surface area contributed by atoms with Crippen LogP contribution in [0.5, 0.6) is 0 Å². The summed E-state index contributed by atoms with van der Waals surface area (Å²) in [5.74, 6) is 1.13. The molecule has 2 rings (SSSR count). The number of amides is 2. The van der Waals surface area contributed by atoms with Crippen LogP contribution in [0, 0.1) is 17.8 Å². The first-order valence-corrected chi connectivity index (χ1v) is 8.73. The van der Waals surface area contributed by atoms with Crippen molar-refractivity contribution in [2.75, 3.05) is 26.2 Å². The van der Waals surface area contributed by atoms with Crippen molar-refractivity contribution in [3.8, 4) is 0 Å². The number of carbonyl (C=O) groups is 2. The Morgan fingerprint density at radius 2 is 1.43 bits per heavy atom. The molecule has 23 heavy (non-hydrogen) atoms. The molecule has 6 heteroatoms. The molecule has 2 heterocycles. The Bertz CT molecular complexity index is 401. The molecule has 0 radical (unpaired) electrons. The molecule has 5 nitrogen and oxygen atoms in total. The van der Waals surface area contributed by atoms with Gasteiger partial charge in [-0.25, -0.2) is 0 Å². The van der Waals surface area contributed by atoms with Crippen LogP contribution in [0.4, 0.5) is 0 Å². The monoisotopic (exact) mass is 345 g/mol. The molecule has 2 unspecified atom stereocenters. The largest absolute Gasteiger partial charge is 0.342 e. The Hall–Kier alpha value is -0.810. The summed E-state index contributed by atoms with van der Waals surface area (Å²) < 4.78 is 0. The van der Waals surface area contributed by atoms with E-state index >= 15 is 0 Å². The van der Waals surface area contributed by atoms with E-state index in [0.29, 0.717) is 19.0 Å². The highest BCUT2D eigenvalue weighted by atomic mass is 35.5. The molecular weight excluding hydrogens is 314 g/mol. The minimum atomic E-state index is -0.143. The molecule has 0 aromatic rings. The smallest absolute Gasteiger partial charge is 0.226 e. The highest BCUT2D eigenvalue weighted by Crippen LogP contribution is 2.24. The number of likely N-dealkylation sites (tertiary alicyclic amines) is 2. The van der Waals surface area contributed by atoms with Crippen LogP contribution >= 0.6 is 12.4 Å². The Morgan fingerprint density at radius 3 is 1.91 bits per heavy atom. The SMILES string of the molecule is CC1CCN(C(=O)C2CCN(C(=O)C(C)C(C)N)CC2)CC1.Cl. The third-order valence-electron chi connectivity index (χ3n) is 5.43. The van der Waals surface area contributed by atoms with E-state index < -0.39 is 0 Å². The number of piperidine rings is 2. The van der Waals surface area contributed by atoms with Gasteiger partial charge in [-0.2, -0.15) is 0 Å². The quantitative estimate of drug-likeness (QED) is 0.849. The van der Waals surface area contributed by atoms with Gasteiger partial charge in [-0.1, -0.05) is 13.8 Å². The van der Waals surface area contributed by atoms with E-state index in [1.165, 1.54) is 0 Å². The predicted octanol–water partition coefficient (Wildman–Crippen LogP) is 1.89. The second kappa shape index (κ2) is 8.88. The van der Waals surface area contributed by atoms with E-state index in [4.69, 9.17) is 5.73 Å². The van der Waals surface area contributed by atoms with Gasteiger partial charge < -0.3 is 15.5 Å². The van der Waals surface area contributed by atoms with Crippen molar-refractivity contribution in [2.24, 2.45) is 23.5 Å². The van der Waals surface area contributed by atoms with Crippen molar-refractivity contribution in [1.29, 1.82) is 0 Å². The lowest BCUT2D eigenvalue weighted by Crippen LogP contribution is -2.48. The van der Waals surface area contributed by atoms with E-state index in [-0.39, 0.29) is 36.2 Å². The molecule has 0 aromatic heterocycles. The standard InChI is InChI=1S/C17H31N3O2.ClH/c1-12-4-8-20(9-5-12)17(22)15-6-10-19(11-7-15)16(21)13(2)14(3)18;/h12-15H,4-11,18H2,1-3H3;1H. The summed E-state index contributed by atoms with van der Waals surface area (Å²) in [6.45, 7) is 9.20. The van der Waals surface area contributed by atoms with Crippen LogP contribution in [0.3, 0.4) is 0 Å². The summed E-state index contributed by atoms with van der Waals surface area (Å²) in [6.07, 6.45) is 3.83. The second-order valence-corrected chi connectivity index (χ2v) is 7.26. The van der Waals surface area contributed by atoms with Gasteiger partial charge in [0.1, 0.15) is 0 Å². The van der Waals surface area contributed by atoms with Gasteiger partial charge in [-0.15, -0.1) is 12.4 Å². The minimum absolute atomic E-state index is 0. The van der Waals surface area contributed by atoms with Gasteiger partial charge in [-0.05, 0) is 38.5 Å². The van der Waals surface area contributed by atoms with Crippen LogP contribution in [0.15, 0.2) is 0 Å². The molecule has 0 aliphatic carbocycles. The molecule has 2 fully saturated rings. The molecule has 0 bridgehead atoms. The minimum Gasteiger partial charge on any atom is -0.342 e. The summed E-state index contributed by atoms with van der Waals surface area (Å²) in [6, 6.07) is -0.123. The fraction of sp³-hybridized carbons (Fsp3) is 0.882. The zero-order valence-corrected chi connectivity index (χ0v) is 15.5. The number of rotatable bonds is 3. The third kappa shape index (κ3) is 5.08. The van der Waals surface area contributed by atoms with Gasteiger partial charge >= 0.3 is 0 Å². The molecule has 134 valence electrons. The van der Waals surface area contributed by atoms with Crippen LogP contribution in [-0.2, 0) is 9.59 Å².